The molecule has 3 nitrogen and oxygen atoms in total. The molecule has 78 valence electrons. The number of rotatable bonds is 2. The van der Waals surface area contributed by atoms with Gasteiger partial charge in [0.05, 0.1) is 7.11 Å². The summed E-state index contributed by atoms with van der Waals surface area (Å²) in [5, 5.41) is 0.819. The van der Waals surface area contributed by atoms with E-state index in [0.717, 1.165) is 28.4 Å². The molecule has 0 unspecified atom stereocenters. The van der Waals surface area contributed by atoms with Crippen LogP contribution in [0.25, 0.3) is 11.0 Å². The van der Waals surface area contributed by atoms with Crippen molar-refractivity contribution in [2.45, 2.75) is 13.8 Å². The largest absolute Gasteiger partial charge is 0.468 e. The van der Waals surface area contributed by atoms with E-state index in [1.165, 1.54) is 7.11 Å². The number of methoxy groups -OCH3 is 1. The van der Waals surface area contributed by atoms with E-state index >= 15 is 0 Å². The lowest BCUT2D eigenvalue weighted by Crippen LogP contribution is -1.85. The zero-order valence-corrected chi connectivity index (χ0v) is 8.96. The summed E-state index contributed by atoms with van der Waals surface area (Å²) in [5.41, 5.74) is 3.32. The fourth-order valence-corrected chi connectivity index (χ4v) is 1.81. The van der Waals surface area contributed by atoms with Gasteiger partial charge in [-0.05, 0) is 31.0 Å². The lowest BCUT2D eigenvalue weighted by molar-refractivity contribution is 0.111. The second kappa shape index (κ2) is 3.42. The maximum Gasteiger partial charge on any atom is 0.296 e. The molecule has 3 heteroatoms. The first-order chi connectivity index (χ1) is 7.17. The highest BCUT2D eigenvalue weighted by atomic mass is 16.6. The predicted octanol–water partition coefficient (Wildman–Crippen LogP) is 2.87. The van der Waals surface area contributed by atoms with E-state index in [2.05, 4.69) is 0 Å². The van der Waals surface area contributed by atoms with Crippen molar-refractivity contribution in [2.24, 2.45) is 0 Å². The van der Waals surface area contributed by atoms with Crippen LogP contribution in [0, 0.1) is 13.8 Å². The quantitative estimate of drug-likeness (QED) is 0.706. The number of aldehydes is 1. The van der Waals surface area contributed by atoms with Crippen LogP contribution >= 0.6 is 0 Å². The Kier molecular flexibility index (Phi) is 2.23. The van der Waals surface area contributed by atoms with Gasteiger partial charge in [0.2, 0.25) is 0 Å². The van der Waals surface area contributed by atoms with E-state index in [9.17, 15) is 4.79 Å². The third-order valence-electron chi connectivity index (χ3n) is 2.43. The van der Waals surface area contributed by atoms with Gasteiger partial charge in [0.1, 0.15) is 11.1 Å². The standard InChI is InChI=1S/C12H12O3/c1-7-4-8(2)11-9(5-7)10(6-13)12(14-3)15-11/h4-6H,1-3H3. The highest BCUT2D eigenvalue weighted by molar-refractivity contribution is 6.00. The normalized spacial score (nSPS) is 10.6. The number of hydrogen-bond acceptors (Lipinski definition) is 3. The zero-order valence-electron chi connectivity index (χ0n) is 8.96. The van der Waals surface area contributed by atoms with Gasteiger partial charge in [-0.1, -0.05) is 6.07 Å². The zero-order chi connectivity index (χ0) is 11.0. The lowest BCUT2D eigenvalue weighted by Gasteiger charge is -1.96. The summed E-state index contributed by atoms with van der Waals surface area (Å²) in [7, 11) is 1.49. The van der Waals surface area contributed by atoms with Crippen molar-refractivity contribution in [1.29, 1.82) is 0 Å². The predicted molar refractivity (Wildman–Crippen MR) is 57.6 cm³/mol. The van der Waals surface area contributed by atoms with Crippen LogP contribution in [-0.2, 0) is 0 Å². The Bertz CT molecular complexity index is 523. The minimum atomic E-state index is 0.286. The van der Waals surface area contributed by atoms with Crippen molar-refractivity contribution in [1.82, 2.24) is 0 Å². The van der Waals surface area contributed by atoms with Crippen LogP contribution in [0.1, 0.15) is 21.5 Å². The van der Waals surface area contributed by atoms with Gasteiger partial charge in [0, 0.05) is 5.39 Å². The third-order valence-corrected chi connectivity index (χ3v) is 2.43. The summed E-state index contributed by atoms with van der Waals surface area (Å²) < 4.78 is 10.5. The molecule has 0 saturated carbocycles. The van der Waals surface area contributed by atoms with Crippen molar-refractivity contribution in [3.63, 3.8) is 0 Å². The molecule has 2 aromatic rings. The van der Waals surface area contributed by atoms with E-state index < -0.39 is 0 Å². The SMILES string of the molecule is COc1oc2c(C)cc(C)cc2c1C=O. The first kappa shape index (κ1) is 9.77. The fraction of sp³-hybridized carbons (Fsp3) is 0.250. The Labute approximate surface area is 87.6 Å². The molecule has 1 heterocycles. The molecule has 0 aliphatic heterocycles. The first-order valence-corrected chi connectivity index (χ1v) is 4.70. The monoisotopic (exact) mass is 204 g/mol. The maximum atomic E-state index is 10.9. The minimum Gasteiger partial charge on any atom is -0.468 e. The Balaban J connectivity index is 2.88. The van der Waals surface area contributed by atoms with E-state index in [0.29, 0.717) is 5.56 Å². The van der Waals surface area contributed by atoms with Crippen LogP contribution in [0.2, 0.25) is 0 Å². The third kappa shape index (κ3) is 1.40. The van der Waals surface area contributed by atoms with Crippen LogP contribution < -0.4 is 4.74 Å². The minimum absolute atomic E-state index is 0.286. The number of ether oxygens (including phenoxy) is 1. The smallest absolute Gasteiger partial charge is 0.296 e. The molecule has 0 N–H and O–H groups in total. The highest BCUT2D eigenvalue weighted by Crippen LogP contribution is 2.32. The van der Waals surface area contributed by atoms with Crippen molar-refractivity contribution in [3.8, 4) is 5.95 Å². The average Bonchev–Trinajstić information content (AvgIpc) is 2.55. The van der Waals surface area contributed by atoms with E-state index in [-0.39, 0.29) is 5.95 Å². The Morgan fingerprint density at radius 2 is 2.07 bits per heavy atom. The van der Waals surface area contributed by atoms with Gasteiger partial charge in [0.15, 0.2) is 6.29 Å². The van der Waals surface area contributed by atoms with Gasteiger partial charge in [0.25, 0.3) is 5.95 Å². The number of carbonyl (C=O) groups excluding carboxylic acids is 1. The molecule has 0 bridgehead atoms. The van der Waals surface area contributed by atoms with E-state index in [4.69, 9.17) is 9.15 Å². The summed E-state index contributed by atoms with van der Waals surface area (Å²) >= 11 is 0. The summed E-state index contributed by atoms with van der Waals surface area (Å²) in [5.74, 6) is 0.286. The lowest BCUT2D eigenvalue weighted by atomic mass is 10.1. The van der Waals surface area contributed by atoms with Crippen LogP contribution in [0.15, 0.2) is 16.5 Å². The molecule has 0 atom stereocenters. The molecule has 0 saturated heterocycles. The number of benzene rings is 1. The van der Waals surface area contributed by atoms with Gasteiger partial charge < -0.3 is 9.15 Å². The maximum absolute atomic E-state index is 10.9. The Hall–Kier alpha value is -1.77. The summed E-state index contributed by atoms with van der Waals surface area (Å²) in [6, 6.07) is 3.94. The molecule has 0 amide bonds. The molecule has 0 radical (unpaired) electrons. The van der Waals surface area contributed by atoms with Crippen LogP contribution in [-0.4, -0.2) is 13.4 Å². The number of furan rings is 1. The number of hydrogen-bond donors (Lipinski definition) is 0. The highest BCUT2D eigenvalue weighted by Gasteiger charge is 2.15. The topological polar surface area (TPSA) is 39.4 Å². The van der Waals surface area contributed by atoms with Crippen molar-refractivity contribution >= 4 is 17.3 Å². The van der Waals surface area contributed by atoms with Crippen LogP contribution in [0.5, 0.6) is 5.95 Å². The van der Waals surface area contributed by atoms with Crippen molar-refractivity contribution in [2.75, 3.05) is 7.11 Å². The molecule has 0 aliphatic rings. The summed E-state index contributed by atoms with van der Waals surface area (Å²) in [6.07, 6.45) is 0.767. The molecule has 2 rings (SSSR count). The second-order valence-corrected chi connectivity index (χ2v) is 3.58. The molecular formula is C12H12O3. The molecular weight excluding hydrogens is 192 g/mol. The molecule has 1 aromatic heterocycles. The molecule has 15 heavy (non-hydrogen) atoms. The number of aryl methyl sites for hydroxylation is 2. The van der Waals surface area contributed by atoms with E-state index in [1.54, 1.807) is 0 Å². The Morgan fingerprint density at radius 1 is 1.33 bits per heavy atom. The van der Waals surface area contributed by atoms with Crippen molar-refractivity contribution < 1.29 is 13.9 Å². The Morgan fingerprint density at radius 3 is 2.67 bits per heavy atom. The van der Waals surface area contributed by atoms with Gasteiger partial charge in [-0.3, -0.25) is 4.79 Å². The first-order valence-electron chi connectivity index (χ1n) is 4.70. The van der Waals surface area contributed by atoms with Crippen LogP contribution in [0.4, 0.5) is 0 Å². The van der Waals surface area contributed by atoms with Gasteiger partial charge in [-0.25, -0.2) is 0 Å². The number of fused-ring (bicyclic) bond motifs is 1. The molecule has 1 aromatic carbocycles. The van der Waals surface area contributed by atoms with Gasteiger partial charge in [-0.15, -0.1) is 0 Å². The fourth-order valence-electron chi connectivity index (χ4n) is 1.81. The molecule has 0 fully saturated rings. The average molecular weight is 204 g/mol. The van der Waals surface area contributed by atoms with Crippen LogP contribution in [0.3, 0.4) is 0 Å². The summed E-state index contributed by atoms with van der Waals surface area (Å²) in [4.78, 5) is 10.9. The van der Waals surface area contributed by atoms with Crippen molar-refractivity contribution in [3.05, 3.63) is 28.8 Å². The van der Waals surface area contributed by atoms with E-state index in [1.807, 2.05) is 26.0 Å². The summed E-state index contributed by atoms with van der Waals surface area (Å²) in [6.45, 7) is 3.94. The second-order valence-electron chi connectivity index (χ2n) is 3.58. The van der Waals surface area contributed by atoms with Gasteiger partial charge in [-0.2, -0.15) is 0 Å². The molecule has 0 aliphatic carbocycles. The number of carbonyl (C=O) groups is 1. The molecule has 0 spiro atoms. The van der Waals surface area contributed by atoms with Gasteiger partial charge >= 0.3 is 0 Å².